The van der Waals surface area contributed by atoms with Crippen molar-refractivity contribution in [1.29, 1.82) is 5.26 Å². The van der Waals surface area contributed by atoms with Crippen LogP contribution >= 0.6 is 0 Å². The number of nitro benzene ring substituents is 1. The first-order chi connectivity index (χ1) is 16.3. The van der Waals surface area contributed by atoms with E-state index in [2.05, 4.69) is 5.32 Å². The van der Waals surface area contributed by atoms with E-state index in [4.69, 9.17) is 9.47 Å². The van der Waals surface area contributed by atoms with Gasteiger partial charge in [-0.15, -0.1) is 0 Å². The zero-order valence-electron chi connectivity index (χ0n) is 17.8. The molecule has 3 aromatic carbocycles. The zero-order valence-corrected chi connectivity index (χ0v) is 17.8. The Bertz CT molecular complexity index is 1320. The van der Waals surface area contributed by atoms with E-state index in [0.717, 1.165) is 18.2 Å². The van der Waals surface area contributed by atoms with Crippen molar-refractivity contribution in [2.45, 2.75) is 6.61 Å². The standard InChI is InChI=1S/C24H18FN3O6/c1-33-23-11-15(6-9-22(23)34-14-16-4-2-3-5-19(16)25)10-17(13-26)24(30)27-20-8-7-18(28(31)32)12-21(20)29/h2-12,29H,14H2,1H3,(H,27,30). The minimum absolute atomic E-state index is 0.0250. The lowest BCUT2D eigenvalue weighted by atomic mass is 10.1. The number of halogens is 1. The SMILES string of the molecule is COc1cc(C=C(C#N)C(=O)Nc2ccc([N+](=O)[O-])cc2O)ccc1OCc1ccccc1F. The normalized spacial score (nSPS) is 10.8. The number of amides is 1. The Morgan fingerprint density at radius 2 is 1.97 bits per heavy atom. The number of carbonyl (C=O) groups excluding carboxylic acids is 1. The van der Waals surface area contributed by atoms with Crippen LogP contribution in [0.3, 0.4) is 0 Å². The molecule has 3 rings (SSSR count). The molecule has 0 unspecified atom stereocenters. The Morgan fingerprint density at radius 1 is 1.21 bits per heavy atom. The van der Waals surface area contributed by atoms with Gasteiger partial charge >= 0.3 is 0 Å². The predicted octanol–water partition coefficient (Wildman–Crippen LogP) is 4.57. The summed E-state index contributed by atoms with van der Waals surface area (Å²) in [5, 5.41) is 32.4. The fraction of sp³-hybridized carbons (Fsp3) is 0.0833. The summed E-state index contributed by atoms with van der Waals surface area (Å²) < 4.78 is 24.7. The Balaban J connectivity index is 1.77. The van der Waals surface area contributed by atoms with Crippen molar-refractivity contribution in [3.05, 3.63) is 93.3 Å². The first-order valence-corrected chi connectivity index (χ1v) is 9.77. The van der Waals surface area contributed by atoms with Gasteiger partial charge in [0.05, 0.1) is 23.8 Å². The third-order valence-corrected chi connectivity index (χ3v) is 4.65. The number of aromatic hydroxyl groups is 1. The van der Waals surface area contributed by atoms with Crippen molar-refractivity contribution in [2.24, 2.45) is 0 Å². The Hall–Kier alpha value is -4.91. The predicted molar refractivity (Wildman–Crippen MR) is 121 cm³/mol. The molecule has 0 atom stereocenters. The molecule has 34 heavy (non-hydrogen) atoms. The monoisotopic (exact) mass is 463 g/mol. The molecule has 0 aliphatic carbocycles. The van der Waals surface area contributed by atoms with Crippen LogP contribution in [-0.4, -0.2) is 23.0 Å². The highest BCUT2D eigenvalue weighted by molar-refractivity contribution is 6.10. The lowest BCUT2D eigenvalue weighted by Gasteiger charge is -2.12. The van der Waals surface area contributed by atoms with E-state index in [1.54, 1.807) is 36.4 Å². The minimum Gasteiger partial charge on any atom is -0.506 e. The number of phenols is 1. The molecule has 2 N–H and O–H groups in total. The van der Waals surface area contributed by atoms with Crippen LogP contribution in [0.4, 0.5) is 15.8 Å². The molecule has 0 spiro atoms. The fourth-order valence-corrected chi connectivity index (χ4v) is 2.91. The fourth-order valence-electron chi connectivity index (χ4n) is 2.91. The van der Waals surface area contributed by atoms with Gasteiger partial charge in [-0.1, -0.05) is 24.3 Å². The molecule has 0 saturated carbocycles. The first-order valence-electron chi connectivity index (χ1n) is 9.77. The van der Waals surface area contributed by atoms with Gasteiger partial charge in [0.1, 0.15) is 29.8 Å². The second kappa shape index (κ2) is 10.6. The largest absolute Gasteiger partial charge is 0.506 e. The van der Waals surface area contributed by atoms with Gasteiger partial charge in [0, 0.05) is 11.6 Å². The summed E-state index contributed by atoms with van der Waals surface area (Å²) in [6.07, 6.45) is 1.29. The second-order valence-electron chi connectivity index (χ2n) is 6.87. The molecular formula is C24H18FN3O6. The van der Waals surface area contributed by atoms with Gasteiger partial charge < -0.3 is 19.9 Å². The van der Waals surface area contributed by atoms with Crippen LogP contribution in [0.15, 0.2) is 66.2 Å². The van der Waals surface area contributed by atoms with E-state index < -0.39 is 22.4 Å². The maximum absolute atomic E-state index is 13.8. The lowest BCUT2D eigenvalue weighted by molar-refractivity contribution is -0.384. The molecule has 0 heterocycles. The number of rotatable bonds is 8. The minimum atomic E-state index is -0.828. The topological polar surface area (TPSA) is 135 Å². The quantitative estimate of drug-likeness (QED) is 0.164. The van der Waals surface area contributed by atoms with E-state index >= 15 is 0 Å². The van der Waals surface area contributed by atoms with Gasteiger partial charge in [0.15, 0.2) is 11.5 Å². The van der Waals surface area contributed by atoms with Gasteiger partial charge in [-0.2, -0.15) is 5.26 Å². The van der Waals surface area contributed by atoms with Crippen molar-refractivity contribution in [1.82, 2.24) is 0 Å². The molecule has 0 radical (unpaired) electrons. The summed E-state index contributed by atoms with van der Waals surface area (Å²) in [5.74, 6) is -1.11. The zero-order chi connectivity index (χ0) is 24.7. The number of benzene rings is 3. The van der Waals surface area contributed by atoms with Crippen LogP contribution in [0.5, 0.6) is 17.2 Å². The number of carbonyl (C=O) groups is 1. The number of ether oxygens (including phenoxy) is 2. The summed E-state index contributed by atoms with van der Waals surface area (Å²) >= 11 is 0. The number of hydrogen-bond acceptors (Lipinski definition) is 7. The van der Waals surface area contributed by atoms with E-state index in [1.165, 1.54) is 25.3 Å². The van der Waals surface area contributed by atoms with Gasteiger partial charge in [-0.3, -0.25) is 14.9 Å². The van der Waals surface area contributed by atoms with E-state index in [1.807, 2.05) is 0 Å². The molecular weight excluding hydrogens is 445 g/mol. The number of nitriles is 1. The van der Waals surface area contributed by atoms with Crippen LogP contribution in [0.2, 0.25) is 0 Å². The van der Waals surface area contributed by atoms with Crippen LogP contribution in [0, 0.1) is 27.3 Å². The van der Waals surface area contributed by atoms with Crippen LogP contribution in [-0.2, 0) is 11.4 Å². The van der Waals surface area contributed by atoms with Crippen molar-refractivity contribution >= 4 is 23.4 Å². The van der Waals surface area contributed by atoms with Crippen LogP contribution in [0.1, 0.15) is 11.1 Å². The molecule has 0 saturated heterocycles. The Labute approximate surface area is 193 Å². The number of anilines is 1. The third kappa shape index (κ3) is 5.66. The smallest absolute Gasteiger partial charge is 0.273 e. The molecule has 9 nitrogen and oxygen atoms in total. The summed E-state index contributed by atoms with van der Waals surface area (Å²) in [7, 11) is 1.41. The van der Waals surface area contributed by atoms with Crippen molar-refractivity contribution < 1.29 is 28.7 Å². The van der Waals surface area contributed by atoms with Crippen molar-refractivity contribution in [3.8, 4) is 23.3 Å². The van der Waals surface area contributed by atoms with Gasteiger partial charge in [-0.25, -0.2) is 4.39 Å². The average molecular weight is 463 g/mol. The van der Waals surface area contributed by atoms with Gasteiger partial charge in [0.25, 0.3) is 11.6 Å². The van der Waals surface area contributed by atoms with E-state index in [0.29, 0.717) is 22.6 Å². The maximum atomic E-state index is 13.8. The highest BCUT2D eigenvalue weighted by Crippen LogP contribution is 2.31. The average Bonchev–Trinajstić information content (AvgIpc) is 2.83. The summed E-state index contributed by atoms with van der Waals surface area (Å²) in [6, 6.07) is 15.8. The molecule has 0 aromatic heterocycles. The summed E-state index contributed by atoms with van der Waals surface area (Å²) in [5.41, 5.74) is 0.0724. The molecule has 1 amide bonds. The van der Waals surface area contributed by atoms with E-state index in [9.17, 15) is 29.7 Å². The number of phenolic OH excluding ortho intramolecular Hbond substituents is 1. The highest BCUT2D eigenvalue weighted by atomic mass is 19.1. The second-order valence-corrected chi connectivity index (χ2v) is 6.87. The van der Waals surface area contributed by atoms with Crippen LogP contribution in [0.25, 0.3) is 6.08 Å². The number of methoxy groups -OCH3 is 1. The number of non-ortho nitro benzene ring substituents is 1. The highest BCUT2D eigenvalue weighted by Gasteiger charge is 2.15. The van der Waals surface area contributed by atoms with Crippen molar-refractivity contribution in [2.75, 3.05) is 12.4 Å². The molecule has 172 valence electrons. The molecule has 0 bridgehead atoms. The lowest BCUT2D eigenvalue weighted by Crippen LogP contribution is -2.13. The van der Waals surface area contributed by atoms with Gasteiger partial charge in [-0.05, 0) is 35.9 Å². The Morgan fingerprint density at radius 3 is 2.62 bits per heavy atom. The van der Waals surface area contributed by atoms with Gasteiger partial charge in [0.2, 0.25) is 0 Å². The molecule has 3 aromatic rings. The van der Waals surface area contributed by atoms with Crippen molar-refractivity contribution in [3.63, 3.8) is 0 Å². The first kappa shape index (κ1) is 23.7. The number of hydrogen-bond donors (Lipinski definition) is 2. The molecule has 0 aliphatic rings. The third-order valence-electron chi connectivity index (χ3n) is 4.65. The number of nitrogens with zero attached hydrogens (tertiary/aromatic N) is 2. The summed E-state index contributed by atoms with van der Waals surface area (Å²) in [6.45, 7) is -0.0250. The maximum Gasteiger partial charge on any atom is 0.273 e. The Kier molecular flexibility index (Phi) is 7.41. The number of nitro groups is 1. The molecule has 0 fully saturated rings. The van der Waals surface area contributed by atoms with Crippen LogP contribution < -0.4 is 14.8 Å². The number of nitrogens with one attached hydrogen (secondary N) is 1. The molecule has 0 aliphatic heterocycles. The van der Waals surface area contributed by atoms with E-state index in [-0.39, 0.29) is 23.6 Å². The molecule has 10 heteroatoms. The summed E-state index contributed by atoms with van der Waals surface area (Å²) in [4.78, 5) is 22.6.